The van der Waals surface area contributed by atoms with Crippen molar-refractivity contribution in [3.05, 3.63) is 0 Å². The van der Waals surface area contributed by atoms with Gasteiger partial charge in [0, 0.05) is 19.8 Å². The third kappa shape index (κ3) is 2.27. The molecular weight excluding hydrogens is 178 g/mol. The number of ether oxygens (including phenoxy) is 1. The van der Waals surface area contributed by atoms with Crippen molar-refractivity contribution in [1.82, 2.24) is 0 Å². The van der Waals surface area contributed by atoms with Crippen LogP contribution in [0.25, 0.3) is 0 Å². The minimum absolute atomic E-state index is 0.426. The molecule has 0 aromatic carbocycles. The molecule has 1 saturated carbocycles. The summed E-state index contributed by atoms with van der Waals surface area (Å²) in [4.78, 5) is 0. The summed E-state index contributed by atoms with van der Waals surface area (Å²) in [5.41, 5.74) is 5.12. The van der Waals surface area contributed by atoms with Crippen molar-refractivity contribution in [3.8, 4) is 0 Å². The lowest BCUT2D eigenvalue weighted by Crippen LogP contribution is -2.42. The zero-order valence-corrected chi connectivity index (χ0v) is 8.74. The molecule has 1 aliphatic carbocycles. The van der Waals surface area contributed by atoms with E-state index in [4.69, 9.17) is 10.5 Å². The molecule has 1 saturated heterocycles. The van der Waals surface area contributed by atoms with Crippen LogP contribution in [-0.2, 0) is 4.74 Å². The second-order valence-electron chi connectivity index (χ2n) is 4.84. The summed E-state index contributed by atoms with van der Waals surface area (Å²) in [6, 6.07) is 0. The standard InChI is InChI=1S/C11H21NO2/c12-8-11(13,10-1-2-10)7-9-3-5-14-6-4-9/h9-10,13H,1-8,12H2. The highest BCUT2D eigenvalue weighted by Crippen LogP contribution is 2.43. The van der Waals surface area contributed by atoms with Gasteiger partial charge in [-0.1, -0.05) is 0 Å². The van der Waals surface area contributed by atoms with Gasteiger partial charge in [0.1, 0.15) is 0 Å². The van der Waals surface area contributed by atoms with Crippen LogP contribution in [0.4, 0.5) is 0 Å². The van der Waals surface area contributed by atoms with E-state index in [1.807, 2.05) is 0 Å². The Morgan fingerprint density at radius 2 is 1.86 bits per heavy atom. The van der Waals surface area contributed by atoms with Crippen molar-refractivity contribution in [2.24, 2.45) is 17.6 Å². The van der Waals surface area contributed by atoms with E-state index in [1.54, 1.807) is 0 Å². The van der Waals surface area contributed by atoms with Gasteiger partial charge in [-0.15, -0.1) is 0 Å². The number of nitrogens with two attached hydrogens (primary N) is 1. The molecule has 0 spiro atoms. The third-order valence-electron chi connectivity index (χ3n) is 3.67. The molecule has 82 valence electrons. The third-order valence-corrected chi connectivity index (χ3v) is 3.67. The van der Waals surface area contributed by atoms with E-state index >= 15 is 0 Å². The van der Waals surface area contributed by atoms with Crippen LogP contribution in [0.2, 0.25) is 0 Å². The first kappa shape index (κ1) is 10.4. The van der Waals surface area contributed by atoms with E-state index in [1.165, 1.54) is 0 Å². The Labute approximate surface area is 85.6 Å². The Morgan fingerprint density at radius 1 is 1.21 bits per heavy atom. The van der Waals surface area contributed by atoms with Crippen molar-refractivity contribution >= 4 is 0 Å². The summed E-state index contributed by atoms with van der Waals surface area (Å²) in [6.45, 7) is 2.14. The highest BCUT2D eigenvalue weighted by molar-refractivity contribution is 4.96. The van der Waals surface area contributed by atoms with Crippen molar-refractivity contribution in [1.29, 1.82) is 0 Å². The van der Waals surface area contributed by atoms with Gasteiger partial charge in [-0.2, -0.15) is 0 Å². The van der Waals surface area contributed by atoms with E-state index in [0.29, 0.717) is 18.4 Å². The molecule has 3 N–H and O–H groups in total. The monoisotopic (exact) mass is 199 g/mol. The van der Waals surface area contributed by atoms with Crippen LogP contribution in [0.3, 0.4) is 0 Å². The molecule has 0 amide bonds. The van der Waals surface area contributed by atoms with Gasteiger partial charge in [0.2, 0.25) is 0 Å². The molecule has 1 aliphatic heterocycles. The quantitative estimate of drug-likeness (QED) is 0.707. The average Bonchev–Trinajstić information content (AvgIpc) is 3.03. The maximum absolute atomic E-state index is 10.3. The van der Waals surface area contributed by atoms with Crippen LogP contribution < -0.4 is 5.73 Å². The normalized spacial score (nSPS) is 28.7. The summed E-state index contributed by atoms with van der Waals surface area (Å²) < 4.78 is 5.31. The SMILES string of the molecule is NCC(O)(CC1CCOCC1)C1CC1. The molecule has 1 unspecified atom stereocenters. The number of aliphatic hydroxyl groups is 1. The minimum atomic E-state index is -0.567. The molecule has 0 aromatic heterocycles. The molecule has 0 bridgehead atoms. The minimum Gasteiger partial charge on any atom is -0.388 e. The van der Waals surface area contributed by atoms with Crippen LogP contribution in [0.15, 0.2) is 0 Å². The van der Waals surface area contributed by atoms with Gasteiger partial charge >= 0.3 is 0 Å². The van der Waals surface area contributed by atoms with Crippen LogP contribution in [0.1, 0.15) is 32.1 Å². The van der Waals surface area contributed by atoms with Gasteiger partial charge in [0.05, 0.1) is 5.60 Å². The first-order valence-electron chi connectivity index (χ1n) is 5.75. The Kier molecular flexibility index (Phi) is 3.10. The highest BCUT2D eigenvalue weighted by atomic mass is 16.5. The first-order valence-corrected chi connectivity index (χ1v) is 5.75. The lowest BCUT2D eigenvalue weighted by molar-refractivity contribution is -0.0209. The van der Waals surface area contributed by atoms with Gasteiger partial charge in [-0.05, 0) is 43.9 Å². The molecule has 3 heteroatoms. The molecule has 2 fully saturated rings. The fourth-order valence-electron chi connectivity index (χ4n) is 2.49. The second kappa shape index (κ2) is 4.17. The van der Waals surface area contributed by atoms with E-state index in [9.17, 15) is 5.11 Å². The summed E-state index contributed by atoms with van der Waals surface area (Å²) in [5, 5.41) is 10.3. The summed E-state index contributed by atoms with van der Waals surface area (Å²) in [5.74, 6) is 1.10. The van der Waals surface area contributed by atoms with Crippen molar-refractivity contribution in [2.45, 2.75) is 37.7 Å². The Bertz CT molecular complexity index is 188. The van der Waals surface area contributed by atoms with Crippen LogP contribution in [-0.4, -0.2) is 30.5 Å². The second-order valence-corrected chi connectivity index (χ2v) is 4.84. The number of hydrogen-bond acceptors (Lipinski definition) is 3. The molecular formula is C11H21NO2. The van der Waals surface area contributed by atoms with Crippen molar-refractivity contribution in [2.75, 3.05) is 19.8 Å². The highest BCUT2D eigenvalue weighted by Gasteiger charge is 2.43. The largest absolute Gasteiger partial charge is 0.388 e. The van der Waals surface area contributed by atoms with Crippen molar-refractivity contribution < 1.29 is 9.84 Å². The fourth-order valence-corrected chi connectivity index (χ4v) is 2.49. The molecule has 1 atom stereocenters. The first-order chi connectivity index (χ1) is 6.74. The van der Waals surface area contributed by atoms with E-state index < -0.39 is 5.60 Å². The van der Waals surface area contributed by atoms with Gasteiger partial charge < -0.3 is 15.6 Å². The zero-order chi connectivity index (χ0) is 10.0. The predicted molar refractivity (Wildman–Crippen MR) is 54.9 cm³/mol. The van der Waals surface area contributed by atoms with E-state index in [2.05, 4.69) is 0 Å². The Balaban J connectivity index is 1.86. The maximum atomic E-state index is 10.3. The summed E-state index contributed by atoms with van der Waals surface area (Å²) in [6.07, 6.45) is 5.40. The number of rotatable bonds is 4. The maximum Gasteiger partial charge on any atom is 0.0800 e. The molecule has 3 nitrogen and oxygen atoms in total. The lowest BCUT2D eigenvalue weighted by Gasteiger charge is -2.32. The van der Waals surface area contributed by atoms with Gasteiger partial charge in [-0.3, -0.25) is 0 Å². The summed E-state index contributed by atoms with van der Waals surface area (Å²) >= 11 is 0. The van der Waals surface area contributed by atoms with Crippen LogP contribution in [0.5, 0.6) is 0 Å². The average molecular weight is 199 g/mol. The Hall–Kier alpha value is -0.120. The molecule has 0 aromatic rings. The zero-order valence-electron chi connectivity index (χ0n) is 8.74. The molecule has 1 heterocycles. The number of hydrogen-bond donors (Lipinski definition) is 2. The Morgan fingerprint density at radius 3 is 2.36 bits per heavy atom. The van der Waals surface area contributed by atoms with Gasteiger partial charge in [0.25, 0.3) is 0 Å². The van der Waals surface area contributed by atoms with Crippen LogP contribution in [0, 0.1) is 11.8 Å². The van der Waals surface area contributed by atoms with E-state index in [0.717, 1.165) is 45.3 Å². The fraction of sp³-hybridized carbons (Fsp3) is 1.00. The molecule has 14 heavy (non-hydrogen) atoms. The molecule has 2 aliphatic rings. The smallest absolute Gasteiger partial charge is 0.0800 e. The van der Waals surface area contributed by atoms with Gasteiger partial charge in [0.15, 0.2) is 0 Å². The van der Waals surface area contributed by atoms with Crippen molar-refractivity contribution in [3.63, 3.8) is 0 Å². The van der Waals surface area contributed by atoms with E-state index in [-0.39, 0.29) is 0 Å². The predicted octanol–water partition coefficient (Wildman–Crippen LogP) is 0.903. The molecule has 0 radical (unpaired) electrons. The van der Waals surface area contributed by atoms with Crippen LogP contribution >= 0.6 is 0 Å². The molecule has 2 rings (SSSR count). The lowest BCUT2D eigenvalue weighted by atomic mass is 9.83. The topological polar surface area (TPSA) is 55.5 Å². The van der Waals surface area contributed by atoms with Gasteiger partial charge in [-0.25, -0.2) is 0 Å². The summed E-state index contributed by atoms with van der Waals surface area (Å²) in [7, 11) is 0.